The van der Waals surface area contributed by atoms with Crippen LogP contribution in [0.2, 0.25) is 0 Å². The number of hydrazone groups is 1. The van der Waals surface area contributed by atoms with E-state index >= 15 is 0 Å². The van der Waals surface area contributed by atoms with E-state index < -0.39 is 13.0 Å². The average Bonchev–Trinajstić information content (AvgIpc) is 2.69. The van der Waals surface area contributed by atoms with E-state index in [0.717, 1.165) is 21.9 Å². The maximum Gasteiger partial charge on any atom is 0.464 e. The summed E-state index contributed by atoms with van der Waals surface area (Å²) in [4.78, 5) is 17.0. The molecular formula is C19H18BN5O2. The molecule has 27 heavy (non-hydrogen) atoms. The lowest BCUT2D eigenvalue weighted by molar-refractivity contribution is -0.117. The molecule has 0 spiro atoms. The molecule has 0 fully saturated rings. The van der Waals surface area contributed by atoms with Gasteiger partial charge in [-0.15, -0.1) is 0 Å². The molecule has 2 heterocycles. The van der Waals surface area contributed by atoms with Crippen LogP contribution in [0.25, 0.3) is 10.8 Å². The molecular weight excluding hydrogens is 341 g/mol. The Hall–Kier alpha value is -3.23. The highest BCUT2D eigenvalue weighted by Crippen LogP contribution is 2.23. The van der Waals surface area contributed by atoms with Gasteiger partial charge in [0.2, 0.25) is 5.91 Å². The number of aromatic nitrogens is 1. The Bertz CT molecular complexity index is 1040. The molecule has 4 rings (SSSR count). The van der Waals surface area contributed by atoms with Crippen LogP contribution >= 0.6 is 0 Å². The summed E-state index contributed by atoms with van der Waals surface area (Å²) in [5, 5.41) is 21.5. The van der Waals surface area contributed by atoms with Crippen LogP contribution < -0.4 is 21.9 Å². The molecule has 1 unspecified atom stereocenters. The van der Waals surface area contributed by atoms with Crippen molar-refractivity contribution in [2.75, 3.05) is 11.9 Å². The monoisotopic (exact) mass is 359 g/mol. The second-order valence-corrected chi connectivity index (χ2v) is 6.36. The first-order valence-corrected chi connectivity index (χ1v) is 8.61. The molecule has 5 N–H and O–H groups in total. The van der Waals surface area contributed by atoms with Gasteiger partial charge in [0.25, 0.3) is 0 Å². The van der Waals surface area contributed by atoms with Gasteiger partial charge in [0.15, 0.2) is 0 Å². The van der Waals surface area contributed by atoms with E-state index in [-0.39, 0.29) is 12.5 Å². The lowest BCUT2D eigenvalue weighted by Crippen LogP contribution is -2.47. The van der Waals surface area contributed by atoms with Crippen molar-refractivity contribution >= 4 is 41.1 Å². The van der Waals surface area contributed by atoms with E-state index in [4.69, 9.17) is 5.73 Å². The van der Waals surface area contributed by atoms with Crippen LogP contribution in [-0.2, 0) is 4.79 Å². The quantitative estimate of drug-likeness (QED) is 0.508. The number of benzene rings is 2. The smallest absolute Gasteiger partial charge is 0.428 e. The number of pyridine rings is 1. The molecule has 1 aromatic heterocycles. The van der Waals surface area contributed by atoms with Crippen LogP contribution in [0.5, 0.6) is 0 Å². The van der Waals surface area contributed by atoms with Crippen molar-refractivity contribution in [3.63, 3.8) is 0 Å². The third kappa shape index (κ3) is 3.28. The van der Waals surface area contributed by atoms with Crippen molar-refractivity contribution in [2.45, 2.75) is 5.92 Å². The summed E-state index contributed by atoms with van der Waals surface area (Å²) in [5.74, 6) is -0.773. The zero-order valence-corrected chi connectivity index (χ0v) is 14.5. The number of hydrogen-bond acceptors (Lipinski definition) is 6. The first-order valence-electron chi connectivity index (χ1n) is 8.61. The van der Waals surface area contributed by atoms with Crippen molar-refractivity contribution in [2.24, 2.45) is 10.8 Å². The molecule has 1 atom stereocenters. The highest BCUT2D eigenvalue weighted by molar-refractivity contribution is 6.65. The minimum atomic E-state index is -0.902. The summed E-state index contributed by atoms with van der Waals surface area (Å²) in [6, 6.07) is 13.0. The second kappa shape index (κ2) is 7.18. The Morgan fingerprint density at radius 1 is 1.26 bits per heavy atom. The van der Waals surface area contributed by atoms with Crippen molar-refractivity contribution in [3.05, 3.63) is 66.0 Å². The maximum absolute atomic E-state index is 12.9. The molecule has 8 heteroatoms. The molecule has 2 aromatic carbocycles. The summed E-state index contributed by atoms with van der Waals surface area (Å²) in [5.41, 5.74) is 8.75. The predicted octanol–water partition coefficient (Wildman–Crippen LogP) is 0.540. The Morgan fingerprint density at radius 3 is 3.00 bits per heavy atom. The number of nitrogens with two attached hydrogens (primary N) is 1. The van der Waals surface area contributed by atoms with Crippen LogP contribution in [0.4, 0.5) is 5.69 Å². The van der Waals surface area contributed by atoms with E-state index in [2.05, 4.69) is 20.7 Å². The molecule has 1 aliphatic rings. The number of rotatable bonds is 4. The van der Waals surface area contributed by atoms with E-state index in [1.54, 1.807) is 30.7 Å². The number of carbonyl (C=O) groups excluding carboxylic acids is 1. The number of nitrogens with one attached hydrogen (secondary N) is 2. The molecule has 1 amide bonds. The largest absolute Gasteiger partial charge is 0.464 e. The summed E-state index contributed by atoms with van der Waals surface area (Å²) in [7, 11) is -0.902. The van der Waals surface area contributed by atoms with Crippen LogP contribution in [0.15, 0.2) is 60.0 Å². The third-order valence-electron chi connectivity index (χ3n) is 4.69. The van der Waals surface area contributed by atoms with Gasteiger partial charge >= 0.3 is 7.05 Å². The van der Waals surface area contributed by atoms with Gasteiger partial charge in [0.1, 0.15) is 0 Å². The minimum absolute atomic E-state index is 0.136. The van der Waals surface area contributed by atoms with Gasteiger partial charge in [-0.1, -0.05) is 24.3 Å². The number of fused-ring (bicyclic) bond motifs is 2. The minimum Gasteiger partial charge on any atom is -0.428 e. The fourth-order valence-electron chi connectivity index (χ4n) is 3.30. The highest BCUT2D eigenvalue weighted by atomic mass is 16.2. The van der Waals surface area contributed by atoms with Crippen LogP contribution in [0, 0.1) is 0 Å². The Kier molecular flexibility index (Phi) is 4.58. The van der Waals surface area contributed by atoms with Gasteiger partial charge in [-0.05, 0) is 40.2 Å². The predicted molar refractivity (Wildman–Crippen MR) is 107 cm³/mol. The maximum atomic E-state index is 12.9. The number of hydrogen-bond donors (Lipinski definition) is 4. The zero-order chi connectivity index (χ0) is 18.8. The molecule has 0 aliphatic carbocycles. The molecule has 134 valence electrons. The van der Waals surface area contributed by atoms with Gasteiger partial charge in [-0.3, -0.25) is 9.78 Å². The second-order valence-electron chi connectivity index (χ2n) is 6.36. The average molecular weight is 359 g/mol. The van der Waals surface area contributed by atoms with Gasteiger partial charge in [0.05, 0.1) is 12.1 Å². The van der Waals surface area contributed by atoms with Crippen molar-refractivity contribution in [3.8, 4) is 0 Å². The lowest BCUT2D eigenvalue weighted by atomic mass is 9.69. The Balaban J connectivity index is 1.64. The third-order valence-corrected chi connectivity index (χ3v) is 4.69. The van der Waals surface area contributed by atoms with Gasteiger partial charge in [-0.2, -0.15) is 5.10 Å². The van der Waals surface area contributed by atoms with Crippen molar-refractivity contribution in [1.82, 2.24) is 10.3 Å². The number of carbonyl (C=O) groups is 1. The summed E-state index contributed by atoms with van der Waals surface area (Å²) < 4.78 is 0. The molecule has 0 radical (unpaired) electrons. The summed E-state index contributed by atoms with van der Waals surface area (Å²) in [6.45, 7) is 0.136. The van der Waals surface area contributed by atoms with Crippen molar-refractivity contribution < 1.29 is 9.82 Å². The molecule has 0 bridgehead atoms. The molecule has 0 saturated carbocycles. The highest BCUT2D eigenvalue weighted by Gasteiger charge is 2.28. The Labute approximate surface area is 156 Å². The molecule has 1 aliphatic heterocycles. The first-order chi connectivity index (χ1) is 13.2. The normalized spacial score (nSPS) is 13.8. The number of anilines is 1. The molecule has 0 saturated heterocycles. The lowest BCUT2D eigenvalue weighted by Gasteiger charge is -2.22. The molecule has 3 aromatic rings. The Morgan fingerprint density at radius 2 is 2.15 bits per heavy atom. The molecule has 7 nitrogen and oxygen atoms in total. The number of amides is 1. The van der Waals surface area contributed by atoms with Crippen LogP contribution in [0.3, 0.4) is 0 Å². The van der Waals surface area contributed by atoms with E-state index in [1.807, 2.05) is 30.3 Å². The fraction of sp³-hybridized carbons (Fsp3) is 0.105. The first kappa shape index (κ1) is 17.2. The van der Waals surface area contributed by atoms with E-state index in [9.17, 15) is 9.82 Å². The standard InChI is InChI=1S/C19H18BN5O2/c21-9-16(15-2-1-3-18-17(15)11-23-25-20(18)27)19(26)24-14-5-4-13-10-22-7-6-12(13)8-14/h1-8,10-11,16,25,27H,9,21H2,(H,24,26). The zero-order valence-electron chi connectivity index (χ0n) is 14.5. The van der Waals surface area contributed by atoms with Gasteiger partial charge < -0.3 is 21.4 Å². The van der Waals surface area contributed by atoms with E-state index in [1.165, 1.54) is 0 Å². The fourth-order valence-corrected chi connectivity index (χ4v) is 3.30. The van der Waals surface area contributed by atoms with Gasteiger partial charge in [0, 0.05) is 30.0 Å². The number of nitrogens with zero attached hydrogens (tertiary/aromatic N) is 2. The summed E-state index contributed by atoms with van der Waals surface area (Å²) in [6.07, 6.45) is 5.10. The van der Waals surface area contributed by atoms with Crippen LogP contribution in [0.1, 0.15) is 17.0 Å². The van der Waals surface area contributed by atoms with Gasteiger partial charge in [-0.25, -0.2) is 0 Å². The SMILES string of the molecule is NCC(C(=O)Nc1ccc2cnccc2c1)c1cccc2c1C=NNB2O. The van der Waals surface area contributed by atoms with E-state index in [0.29, 0.717) is 11.2 Å². The van der Waals surface area contributed by atoms with Crippen molar-refractivity contribution in [1.29, 1.82) is 0 Å². The summed E-state index contributed by atoms with van der Waals surface area (Å²) >= 11 is 0. The van der Waals surface area contributed by atoms with Crippen LogP contribution in [-0.4, -0.2) is 35.7 Å². The topological polar surface area (TPSA) is 113 Å².